The van der Waals surface area contributed by atoms with Crippen LogP contribution in [0.15, 0.2) is 48.5 Å². The van der Waals surface area contributed by atoms with Gasteiger partial charge < -0.3 is 10.1 Å². The molecule has 2 N–H and O–H groups in total. The van der Waals surface area contributed by atoms with Crippen molar-refractivity contribution in [1.29, 1.82) is 0 Å². The van der Waals surface area contributed by atoms with Gasteiger partial charge >= 0.3 is 0 Å². The molecule has 0 spiro atoms. The van der Waals surface area contributed by atoms with Gasteiger partial charge in [0.15, 0.2) is 5.11 Å². The Morgan fingerprint density at radius 1 is 1.11 bits per heavy atom. The molecule has 28 heavy (non-hydrogen) atoms. The van der Waals surface area contributed by atoms with Crippen LogP contribution in [0, 0.1) is 9.49 Å². The first kappa shape index (κ1) is 21.0. The molecule has 0 unspecified atom stereocenters. The average molecular weight is 508 g/mol. The summed E-state index contributed by atoms with van der Waals surface area (Å²) in [6.45, 7) is 0.766. The van der Waals surface area contributed by atoms with Gasteiger partial charge in [0.05, 0.1) is 6.61 Å². The highest BCUT2D eigenvalue weighted by Crippen LogP contribution is 2.26. The molecule has 1 saturated carbocycles. The molecular formula is C22H25IN2O2S. The number of anilines is 1. The molecule has 0 radical (unpaired) electrons. The summed E-state index contributed by atoms with van der Waals surface area (Å²) in [7, 11) is 0. The van der Waals surface area contributed by atoms with Crippen molar-refractivity contribution in [3.63, 3.8) is 0 Å². The summed E-state index contributed by atoms with van der Waals surface area (Å²) in [6, 6.07) is 15.0. The summed E-state index contributed by atoms with van der Waals surface area (Å²) < 4.78 is 6.87. The Hall–Kier alpha value is -1.67. The Morgan fingerprint density at radius 3 is 2.57 bits per heavy atom. The van der Waals surface area contributed by atoms with E-state index in [9.17, 15) is 4.79 Å². The maximum atomic E-state index is 12.2. The van der Waals surface area contributed by atoms with Gasteiger partial charge in [-0.15, -0.1) is 0 Å². The number of amides is 1. The number of carbonyl (C=O) groups excluding carboxylic acids is 1. The fraction of sp³-hybridized carbons (Fsp3) is 0.364. The number of hydrogen-bond donors (Lipinski definition) is 2. The Bertz CT molecular complexity index is 804. The van der Waals surface area contributed by atoms with Crippen LogP contribution in [-0.4, -0.2) is 17.6 Å². The summed E-state index contributed by atoms with van der Waals surface area (Å²) in [4.78, 5) is 12.2. The number of carbonyl (C=O) groups is 1. The molecule has 0 atom stereocenters. The summed E-state index contributed by atoms with van der Waals surface area (Å²) >= 11 is 7.42. The second-order valence-corrected chi connectivity index (χ2v) is 8.74. The highest BCUT2D eigenvalue weighted by molar-refractivity contribution is 14.1. The molecule has 0 aliphatic heterocycles. The summed E-state index contributed by atoms with van der Waals surface area (Å²) in [5, 5.41) is 6.01. The van der Waals surface area contributed by atoms with E-state index in [0.717, 1.165) is 34.0 Å². The first-order valence-electron chi connectivity index (χ1n) is 9.71. The summed E-state index contributed by atoms with van der Waals surface area (Å²) in [6.07, 6.45) is 7.94. The van der Waals surface area contributed by atoms with Crippen molar-refractivity contribution in [1.82, 2.24) is 5.32 Å². The van der Waals surface area contributed by atoms with E-state index < -0.39 is 0 Å². The lowest BCUT2D eigenvalue weighted by Crippen LogP contribution is -2.34. The van der Waals surface area contributed by atoms with Gasteiger partial charge in [-0.1, -0.05) is 38.2 Å². The van der Waals surface area contributed by atoms with E-state index in [1.54, 1.807) is 6.07 Å². The van der Waals surface area contributed by atoms with Crippen molar-refractivity contribution in [3.05, 3.63) is 57.7 Å². The predicted molar refractivity (Wildman–Crippen MR) is 126 cm³/mol. The number of hydrogen-bond acceptors (Lipinski definition) is 3. The number of rotatable bonds is 6. The number of thiocarbonyl (C=S) groups is 1. The van der Waals surface area contributed by atoms with Crippen LogP contribution in [0.5, 0.6) is 5.75 Å². The van der Waals surface area contributed by atoms with Crippen molar-refractivity contribution in [2.24, 2.45) is 5.92 Å². The molecule has 4 nitrogen and oxygen atoms in total. The van der Waals surface area contributed by atoms with Gasteiger partial charge in [0, 0.05) is 14.8 Å². The first-order chi connectivity index (χ1) is 13.6. The Balaban J connectivity index is 1.43. The number of benzene rings is 2. The van der Waals surface area contributed by atoms with E-state index in [1.807, 2.05) is 42.5 Å². The quantitative estimate of drug-likeness (QED) is 0.385. The molecule has 3 rings (SSSR count). The van der Waals surface area contributed by atoms with Crippen molar-refractivity contribution in [3.8, 4) is 5.75 Å². The van der Waals surface area contributed by atoms with Gasteiger partial charge in [-0.25, -0.2) is 0 Å². The lowest BCUT2D eigenvalue weighted by atomic mass is 9.87. The fourth-order valence-corrected chi connectivity index (χ4v) is 4.17. The SMILES string of the molecule is O=C(NC(=S)Nc1ccc(OCCC2CCCCC2)cc1)c1cccc(I)c1. The molecule has 148 valence electrons. The van der Waals surface area contributed by atoms with Crippen LogP contribution >= 0.6 is 34.8 Å². The minimum atomic E-state index is -0.223. The van der Waals surface area contributed by atoms with E-state index in [0.29, 0.717) is 5.56 Å². The van der Waals surface area contributed by atoms with E-state index in [1.165, 1.54) is 32.1 Å². The van der Waals surface area contributed by atoms with Gasteiger partial charge in [-0.2, -0.15) is 0 Å². The van der Waals surface area contributed by atoms with Crippen molar-refractivity contribution in [2.75, 3.05) is 11.9 Å². The molecule has 2 aromatic carbocycles. The zero-order valence-electron chi connectivity index (χ0n) is 15.7. The zero-order chi connectivity index (χ0) is 19.8. The summed E-state index contributed by atoms with van der Waals surface area (Å²) in [5.41, 5.74) is 1.39. The zero-order valence-corrected chi connectivity index (χ0v) is 18.7. The molecule has 0 aromatic heterocycles. The molecule has 0 bridgehead atoms. The third-order valence-electron chi connectivity index (χ3n) is 4.95. The topological polar surface area (TPSA) is 50.4 Å². The van der Waals surface area contributed by atoms with E-state index in [-0.39, 0.29) is 11.0 Å². The Kier molecular flexibility index (Phi) is 8.09. The van der Waals surface area contributed by atoms with Crippen LogP contribution in [0.1, 0.15) is 48.9 Å². The minimum Gasteiger partial charge on any atom is -0.494 e. The molecule has 1 amide bonds. The smallest absolute Gasteiger partial charge is 0.257 e. The van der Waals surface area contributed by atoms with Gasteiger partial charge in [0.25, 0.3) is 5.91 Å². The number of ether oxygens (including phenoxy) is 1. The van der Waals surface area contributed by atoms with Crippen LogP contribution in [-0.2, 0) is 0 Å². The van der Waals surface area contributed by atoms with Crippen LogP contribution in [0.25, 0.3) is 0 Å². The fourth-order valence-electron chi connectivity index (χ4n) is 3.42. The normalized spacial score (nSPS) is 14.3. The van der Waals surface area contributed by atoms with E-state index in [4.69, 9.17) is 17.0 Å². The van der Waals surface area contributed by atoms with Crippen molar-refractivity contribution in [2.45, 2.75) is 38.5 Å². The maximum absolute atomic E-state index is 12.2. The molecule has 1 fully saturated rings. The maximum Gasteiger partial charge on any atom is 0.257 e. The molecule has 1 aliphatic rings. The molecule has 0 heterocycles. The summed E-state index contributed by atoms with van der Waals surface area (Å²) in [5.74, 6) is 1.46. The van der Waals surface area contributed by atoms with Crippen LogP contribution < -0.4 is 15.4 Å². The molecule has 0 saturated heterocycles. The minimum absolute atomic E-state index is 0.223. The lowest BCUT2D eigenvalue weighted by Gasteiger charge is -2.21. The van der Waals surface area contributed by atoms with Crippen LogP contribution in [0.4, 0.5) is 5.69 Å². The molecule has 2 aromatic rings. The second kappa shape index (κ2) is 10.8. The highest BCUT2D eigenvalue weighted by atomic mass is 127. The molecule has 1 aliphatic carbocycles. The lowest BCUT2D eigenvalue weighted by molar-refractivity contribution is 0.0977. The number of nitrogens with one attached hydrogen (secondary N) is 2. The van der Waals surface area contributed by atoms with Crippen molar-refractivity contribution >= 4 is 51.5 Å². The Morgan fingerprint density at radius 2 is 1.86 bits per heavy atom. The highest BCUT2D eigenvalue weighted by Gasteiger charge is 2.13. The first-order valence-corrected chi connectivity index (χ1v) is 11.2. The average Bonchev–Trinajstić information content (AvgIpc) is 2.70. The van der Waals surface area contributed by atoms with Gasteiger partial charge in [0.1, 0.15) is 5.75 Å². The third-order valence-corrected chi connectivity index (χ3v) is 5.82. The van der Waals surface area contributed by atoms with E-state index >= 15 is 0 Å². The molecular weight excluding hydrogens is 483 g/mol. The van der Waals surface area contributed by atoms with Crippen LogP contribution in [0.3, 0.4) is 0 Å². The standard InChI is InChI=1S/C22H25IN2O2S/c23-18-8-4-7-17(15-18)21(26)25-22(28)24-19-9-11-20(12-10-19)27-14-13-16-5-2-1-3-6-16/h4,7-12,15-16H,1-3,5-6,13-14H2,(H2,24,25,26,28). The van der Waals surface area contributed by atoms with Crippen LogP contribution in [0.2, 0.25) is 0 Å². The van der Waals surface area contributed by atoms with Crippen molar-refractivity contribution < 1.29 is 9.53 Å². The van der Waals surface area contributed by atoms with Gasteiger partial charge in [0.2, 0.25) is 0 Å². The number of halogens is 1. The third kappa shape index (κ3) is 6.74. The molecule has 6 heteroatoms. The monoisotopic (exact) mass is 508 g/mol. The Labute approximate surface area is 185 Å². The van der Waals surface area contributed by atoms with E-state index in [2.05, 4.69) is 33.2 Å². The largest absolute Gasteiger partial charge is 0.494 e. The van der Waals surface area contributed by atoms with Gasteiger partial charge in [-0.05, 0) is 89.6 Å². The van der Waals surface area contributed by atoms with Gasteiger partial charge in [-0.3, -0.25) is 10.1 Å². The second-order valence-electron chi connectivity index (χ2n) is 7.08. The predicted octanol–water partition coefficient (Wildman–Crippen LogP) is 5.77.